The third-order valence-corrected chi connectivity index (χ3v) is 7.44. The Hall–Kier alpha value is -3.62. The number of amides is 1. The molecule has 6 nitrogen and oxygen atoms in total. The molecule has 3 aromatic heterocycles. The van der Waals surface area contributed by atoms with E-state index in [1.54, 1.807) is 6.92 Å². The van der Waals surface area contributed by atoms with E-state index in [0.717, 1.165) is 27.9 Å². The Morgan fingerprint density at radius 3 is 2.59 bits per heavy atom. The van der Waals surface area contributed by atoms with Crippen molar-refractivity contribution in [3.8, 4) is 22.4 Å². The summed E-state index contributed by atoms with van der Waals surface area (Å²) < 4.78 is 1.39. The zero-order chi connectivity index (χ0) is 23.8. The summed E-state index contributed by atoms with van der Waals surface area (Å²) in [7, 11) is 0. The molecular formula is C26H22N4O2S2. The topological polar surface area (TPSA) is 76.9 Å². The van der Waals surface area contributed by atoms with Gasteiger partial charge in [-0.05, 0) is 31.9 Å². The highest BCUT2D eigenvalue weighted by atomic mass is 32.1. The second-order valence-electron chi connectivity index (χ2n) is 8.17. The molecule has 0 spiro atoms. The molecular weight excluding hydrogens is 464 g/mol. The summed E-state index contributed by atoms with van der Waals surface area (Å²) in [6.45, 7) is 5.77. The molecule has 0 aliphatic heterocycles. The van der Waals surface area contributed by atoms with E-state index < -0.39 is 6.04 Å². The molecule has 0 fully saturated rings. The number of hydrogen-bond acceptors (Lipinski definition) is 6. The number of nitrogens with one attached hydrogen (secondary N) is 1. The highest BCUT2D eigenvalue weighted by Crippen LogP contribution is 2.33. The summed E-state index contributed by atoms with van der Waals surface area (Å²) in [6, 6.07) is 15.2. The minimum absolute atomic E-state index is 0.229. The summed E-state index contributed by atoms with van der Waals surface area (Å²) in [4.78, 5) is 36.1. The summed E-state index contributed by atoms with van der Waals surface area (Å²) >= 11 is 2.79. The van der Waals surface area contributed by atoms with Crippen LogP contribution in [0.5, 0.6) is 0 Å². The molecule has 0 aliphatic carbocycles. The Bertz CT molecular complexity index is 1570. The quantitative estimate of drug-likeness (QED) is 0.327. The van der Waals surface area contributed by atoms with Gasteiger partial charge in [-0.15, -0.1) is 22.7 Å². The molecule has 5 rings (SSSR count). The normalized spacial score (nSPS) is 12.1. The molecule has 5 aromatic rings. The second-order valence-corrected chi connectivity index (χ2v) is 9.89. The molecule has 0 bridgehead atoms. The van der Waals surface area contributed by atoms with Gasteiger partial charge in [-0.3, -0.25) is 14.2 Å². The molecule has 2 aromatic carbocycles. The van der Waals surface area contributed by atoms with E-state index in [4.69, 9.17) is 0 Å². The zero-order valence-corrected chi connectivity index (χ0v) is 20.5. The molecule has 3 heterocycles. The number of fused-ring (bicyclic) bond motifs is 1. The van der Waals surface area contributed by atoms with Crippen LogP contribution < -0.4 is 10.9 Å². The molecule has 170 valence electrons. The molecule has 1 unspecified atom stereocenters. The lowest BCUT2D eigenvalue weighted by molar-refractivity contribution is -0.118. The van der Waals surface area contributed by atoms with Crippen molar-refractivity contribution in [2.75, 3.05) is 5.32 Å². The number of thiazole rings is 1. The van der Waals surface area contributed by atoms with E-state index in [-0.39, 0.29) is 11.5 Å². The number of thiophene rings is 1. The highest BCUT2D eigenvalue weighted by molar-refractivity contribution is 7.17. The van der Waals surface area contributed by atoms with Crippen molar-refractivity contribution in [2.24, 2.45) is 0 Å². The summed E-state index contributed by atoms with van der Waals surface area (Å²) in [6.07, 6.45) is 1.45. The van der Waals surface area contributed by atoms with Gasteiger partial charge in [0.15, 0.2) is 5.13 Å². The van der Waals surface area contributed by atoms with Crippen LogP contribution in [-0.2, 0) is 4.79 Å². The van der Waals surface area contributed by atoms with Gasteiger partial charge in [-0.25, -0.2) is 9.97 Å². The van der Waals surface area contributed by atoms with E-state index in [9.17, 15) is 9.59 Å². The first-order valence-corrected chi connectivity index (χ1v) is 12.6. The van der Waals surface area contributed by atoms with Gasteiger partial charge in [0.25, 0.3) is 5.56 Å². The minimum Gasteiger partial charge on any atom is -0.300 e. The smallest absolute Gasteiger partial charge is 0.263 e. The number of rotatable bonds is 5. The van der Waals surface area contributed by atoms with Crippen molar-refractivity contribution >= 4 is 43.9 Å². The van der Waals surface area contributed by atoms with Gasteiger partial charge in [0, 0.05) is 21.9 Å². The lowest BCUT2D eigenvalue weighted by Gasteiger charge is -2.14. The maximum Gasteiger partial charge on any atom is 0.263 e. The molecule has 1 N–H and O–H groups in total. The van der Waals surface area contributed by atoms with Crippen LogP contribution in [0.3, 0.4) is 0 Å². The van der Waals surface area contributed by atoms with Crippen LogP contribution >= 0.6 is 22.7 Å². The number of benzene rings is 2. The largest absolute Gasteiger partial charge is 0.300 e. The Kier molecular flexibility index (Phi) is 5.85. The molecule has 0 saturated heterocycles. The van der Waals surface area contributed by atoms with E-state index in [1.807, 2.05) is 67.1 Å². The van der Waals surface area contributed by atoms with Gasteiger partial charge < -0.3 is 5.32 Å². The maximum absolute atomic E-state index is 13.5. The maximum atomic E-state index is 13.5. The summed E-state index contributed by atoms with van der Waals surface area (Å²) in [5, 5.41) is 7.74. The van der Waals surface area contributed by atoms with Crippen LogP contribution in [0.1, 0.15) is 24.1 Å². The van der Waals surface area contributed by atoms with Gasteiger partial charge in [-0.1, -0.05) is 54.1 Å². The van der Waals surface area contributed by atoms with Crippen molar-refractivity contribution in [3.63, 3.8) is 0 Å². The van der Waals surface area contributed by atoms with E-state index >= 15 is 0 Å². The number of anilines is 1. The van der Waals surface area contributed by atoms with Crippen molar-refractivity contribution in [2.45, 2.75) is 26.8 Å². The number of aryl methyl sites for hydroxylation is 2. The van der Waals surface area contributed by atoms with Crippen LogP contribution in [-0.4, -0.2) is 20.4 Å². The second kappa shape index (κ2) is 8.96. The monoisotopic (exact) mass is 486 g/mol. The fraction of sp³-hybridized carbons (Fsp3) is 0.154. The average molecular weight is 487 g/mol. The minimum atomic E-state index is -0.750. The van der Waals surface area contributed by atoms with E-state index in [2.05, 4.69) is 21.4 Å². The third-order valence-electron chi connectivity index (χ3n) is 5.79. The molecule has 0 aliphatic rings. The van der Waals surface area contributed by atoms with Gasteiger partial charge in [0.05, 0.1) is 17.4 Å². The van der Waals surface area contributed by atoms with Crippen LogP contribution in [0.4, 0.5) is 5.13 Å². The Balaban J connectivity index is 1.45. The van der Waals surface area contributed by atoms with Crippen molar-refractivity contribution in [1.29, 1.82) is 0 Å². The third kappa shape index (κ3) is 4.06. The Morgan fingerprint density at radius 1 is 1.03 bits per heavy atom. The lowest BCUT2D eigenvalue weighted by atomic mass is 9.99. The summed E-state index contributed by atoms with van der Waals surface area (Å²) in [5.41, 5.74) is 5.66. The SMILES string of the molecule is Cc1ccc(-c2csc3ncn(C(C)C(=O)Nc4nc(-c5ccccc5)cs4)c(=O)c23)c(C)c1. The Morgan fingerprint density at radius 2 is 1.82 bits per heavy atom. The van der Waals surface area contributed by atoms with Crippen LogP contribution in [0, 0.1) is 13.8 Å². The van der Waals surface area contributed by atoms with Crippen LogP contribution in [0.2, 0.25) is 0 Å². The van der Waals surface area contributed by atoms with Gasteiger partial charge >= 0.3 is 0 Å². The molecule has 0 radical (unpaired) electrons. The highest BCUT2D eigenvalue weighted by Gasteiger charge is 2.21. The first-order valence-electron chi connectivity index (χ1n) is 10.8. The summed E-state index contributed by atoms with van der Waals surface area (Å²) in [5.74, 6) is -0.319. The molecule has 8 heteroatoms. The number of aromatic nitrogens is 3. The first-order chi connectivity index (χ1) is 16.4. The number of carbonyl (C=O) groups excluding carboxylic acids is 1. The zero-order valence-electron chi connectivity index (χ0n) is 18.9. The van der Waals surface area contributed by atoms with Crippen LogP contribution in [0.25, 0.3) is 32.6 Å². The predicted molar refractivity (Wildman–Crippen MR) is 140 cm³/mol. The number of carbonyl (C=O) groups is 1. The molecule has 1 amide bonds. The fourth-order valence-electron chi connectivity index (χ4n) is 3.94. The standard InChI is InChI=1S/C26H22N4O2S2/c1-15-9-10-19(16(2)11-15)20-12-33-24-22(20)25(32)30(14-27-24)17(3)23(31)29-26-28-21(13-34-26)18-7-5-4-6-8-18/h4-14,17H,1-3H3,(H,28,29,31). The first kappa shape index (κ1) is 22.2. The average Bonchev–Trinajstić information content (AvgIpc) is 3.47. The van der Waals surface area contributed by atoms with Gasteiger partial charge in [0.1, 0.15) is 10.9 Å². The lowest BCUT2D eigenvalue weighted by Crippen LogP contribution is -2.31. The van der Waals surface area contributed by atoms with E-state index in [1.165, 1.54) is 39.1 Å². The number of hydrogen-bond donors (Lipinski definition) is 1. The van der Waals surface area contributed by atoms with Crippen molar-refractivity contribution in [3.05, 3.63) is 87.1 Å². The Labute approximate surface area is 204 Å². The van der Waals surface area contributed by atoms with Crippen LogP contribution in [0.15, 0.2) is 70.4 Å². The number of nitrogens with zero attached hydrogens (tertiary/aromatic N) is 3. The fourth-order valence-corrected chi connectivity index (χ4v) is 5.56. The predicted octanol–water partition coefficient (Wildman–Crippen LogP) is 6.07. The molecule has 34 heavy (non-hydrogen) atoms. The van der Waals surface area contributed by atoms with E-state index in [0.29, 0.717) is 15.3 Å². The van der Waals surface area contributed by atoms with Gasteiger partial charge in [0.2, 0.25) is 5.91 Å². The molecule has 1 atom stereocenters. The molecule has 0 saturated carbocycles. The van der Waals surface area contributed by atoms with Gasteiger partial charge in [-0.2, -0.15) is 0 Å². The van der Waals surface area contributed by atoms with Crippen molar-refractivity contribution in [1.82, 2.24) is 14.5 Å². The van der Waals surface area contributed by atoms with Crippen molar-refractivity contribution < 1.29 is 4.79 Å².